The topological polar surface area (TPSA) is 62.5 Å². The predicted molar refractivity (Wildman–Crippen MR) is 81.6 cm³/mol. The fraction of sp³-hybridized carbons (Fsp3) is 0.714. The Labute approximate surface area is 124 Å². The molecule has 1 aliphatic heterocycles. The molecular weight excluding hydrogens is 272 g/mol. The molecule has 0 unspecified atom stereocenters. The minimum Gasteiger partial charge on any atom is -0.348 e. The molecule has 1 fully saturated rings. The van der Waals surface area contributed by atoms with Gasteiger partial charge in [0.15, 0.2) is 0 Å². The minimum atomic E-state index is 0.106. The Hall–Kier alpha value is -0.980. The van der Waals surface area contributed by atoms with Crippen LogP contribution in [0.5, 0.6) is 0 Å². The Bertz CT molecular complexity index is 438. The molecule has 20 heavy (non-hydrogen) atoms. The molecule has 2 heterocycles. The maximum atomic E-state index is 11.7. The monoisotopic (exact) mass is 296 g/mol. The average Bonchev–Trinajstić information content (AvgIpc) is 2.86. The zero-order valence-electron chi connectivity index (χ0n) is 12.3. The summed E-state index contributed by atoms with van der Waals surface area (Å²) < 4.78 is 0. The Morgan fingerprint density at radius 3 is 2.80 bits per heavy atom. The lowest BCUT2D eigenvalue weighted by Crippen LogP contribution is -2.35. The van der Waals surface area contributed by atoms with Crippen molar-refractivity contribution in [3.63, 3.8) is 0 Å². The van der Waals surface area contributed by atoms with Gasteiger partial charge in [0, 0.05) is 26.0 Å². The van der Waals surface area contributed by atoms with Crippen LogP contribution in [-0.2, 0) is 17.8 Å². The fourth-order valence-electron chi connectivity index (χ4n) is 2.40. The number of hydrogen-bond acceptors (Lipinski definition) is 5. The third-order valence-corrected chi connectivity index (χ3v) is 4.72. The van der Waals surface area contributed by atoms with Crippen LogP contribution in [0.4, 0.5) is 0 Å². The first-order valence-electron chi connectivity index (χ1n) is 7.14. The molecule has 0 aliphatic carbocycles. The molecule has 1 aromatic heterocycles. The molecule has 0 radical (unpaired) electrons. The molecule has 0 spiro atoms. The Morgan fingerprint density at radius 1 is 1.50 bits per heavy atom. The maximum absolute atomic E-state index is 11.7. The largest absolute Gasteiger partial charge is 0.348 e. The molecule has 5 nitrogen and oxygen atoms in total. The van der Waals surface area contributed by atoms with E-state index in [9.17, 15) is 4.79 Å². The summed E-state index contributed by atoms with van der Waals surface area (Å²) >= 11 is 1.58. The van der Waals surface area contributed by atoms with E-state index >= 15 is 0 Å². The molecule has 112 valence electrons. The van der Waals surface area contributed by atoms with Gasteiger partial charge in [-0.25, -0.2) is 4.98 Å². The van der Waals surface area contributed by atoms with E-state index < -0.39 is 0 Å². The van der Waals surface area contributed by atoms with Crippen molar-refractivity contribution in [1.29, 1.82) is 0 Å². The molecule has 6 heteroatoms. The van der Waals surface area contributed by atoms with Crippen LogP contribution in [-0.4, -0.2) is 54.4 Å². The van der Waals surface area contributed by atoms with Crippen molar-refractivity contribution in [2.24, 2.45) is 11.7 Å². The van der Waals surface area contributed by atoms with Gasteiger partial charge >= 0.3 is 0 Å². The summed E-state index contributed by atoms with van der Waals surface area (Å²) in [6, 6.07) is 0. The van der Waals surface area contributed by atoms with E-state index in [0.29, 0.717) is 12.3 Å². The van der Waals surface area contributed by atoms with Gasteiger partial charge in [-0.05, 0) is 38.4 Å². The lowest BCUT2D eigenvalue weighted by molar-refractivity contribution is -0.127. The van der Waals surface area contributed by atoms with E-state index in [2.05, 4.69) is 15.3 Å². The second-order valence-corrected chi connectivity index (χ2v) is 6.60. The van der Waals surface area contributed by atoms with Crippen LogP contribution in [0.3, 0.4) is 0 Å². The predicted octanol–water partition coefficient (Wildman–Crippen LogP) is 0.944. The second-order valence-electron chi connectivity index (χ2n) is 5.65. The number of rotatable bonds is 5. The normalized spacial score (nSPS) is 17.4. The van der Waals surface area contributed by atoms with E-state index in [4.69, 9.17) is 5.73 Å². The first-order chi connectivity index (χ1) is 9.58. The number of nitrogens with two attached hydrogens (primary N) is 1. The number of aromatic nitrogens is 1. The van der Waals surface area contributed by atoms with E-state index in [0.717, 1.165) is 36.9 Å². The molecule has 0 saturated carbocycles. The fourth-order valence-corrected chi connectivity index (χ4v) is 3.18. The Balaban J connectivity index is 1.82. The van der Waals surface area contributed by atoms with Gasteiger partial charge in [-0.15, -0.1) is 11.3 Å². The summed E-state index contributed by atoms with van der Waals surface area (Å²) in [7, 11) is 3.55. The molecule has 1 aliphatic rings. The Morgan fingerprint density at radius 2 is 2.20 bits per heavy atom. The van der Waals surface area contributed by atoms with Crippen LogP contribution < -0.4 is 5.73 Å². The summed E-state index contributed by atoms with van der Waals surface area (Å²) in [6.07, 6.45) is 2.78. The molecule has 0 aromatic carbocycles. The summed E-state index contributed by atoms with van der Waals surface area (Å²) in [5, 5.41) is 2.99. The van der Waals surface area contributed by atoms with Crippen LogP contribution in [0.25, 0.3) is 0 Å². The number of thiazole rings is 1. The number of hydrogen-bond donors (Lipinski definition) is 1. The maximum Gasteiger partial charge on any atom is 0.228 e. The number of carbonyl (C=O) groups excluding carboxylic acids is 1. The van der Waals surface area contributed by atoms with Crippen molar-refractivity contribution in [3.8, 4) is 0 Å². The van der Waals surface area contributed by atoms with Crippen molar-refractivity contribution in [3.05, 3.63) is 16.1 Å². The first-order valence-corrected chi connectivity index (χ1v) is 8.02. The summed E-state index contributed by atoms with van der Waals surface area (Å²) in [5.74, 6) is 0.796. The van der Waals surface area contributed by atoms with Crippen LogP contribution in [0, 0.1) is 5.92 Å². The third kappa shape index (κ3) is 4.26. The first kappa shape index (κ1) is 15.4. The molecule has 1 aromatic rings. The number of nitrogens with zero attached hydrogens (tertiary/aromatic N) is 3. The van der Waals surface area contributed by atoms with Crippen molar-refractivity contribution in [2.45, 2.75) is 25.8 Å². The quantitative estimate of drug-likeness (QED) is 0.878. The smallest absolute Gasteiger partial charge is 0.228 e. The summed E-state index contributed by atoms with van der Waals surface area (Å²) in [4.78, 5) is 20.3. The average molecular weight is 296 g/mol. The zero-order valence-corrected chi connectivity index (χ0v) is 13.2. The lowest BCUT2D eigenvalue weighted by Gasteiger charge is -2.30. The van der Waals surface area contributed by atoms with Crippen LogP contribution in [0.2, 0.25) is 0 Å². The molecule has 0 bridgehead atoms. The van der Waals surface area contributed by atoms with Crippen molar-refractivity contribution in [2.75, 3.05) is 33.7 Å². The molecule has 1 amide bonds. The van der Waals surface area contributed by atoms with Crippen LogP contribution in [0.1, 0.15) is 23.5 Å². The van der Waals surface area contributed by atoms with Crippen LogP contribution in [0.15, 0.2) is 5.38 Å². The highest BCUT2D eigenvalue weighted by molar-refractivity contribution is 7.09. The standard InChI is InChI=1S/C14H24N4OS/c1-17(2)14(19)7-13-16-12(10-20-13)9-18-5-3-11(8-15)4-6-18/h10-11H,3-9,15H2,1-2H3. The van der Waals surface area contributed by atoms with Crippen LogP contribution >= 0.6 is 11.3 Å². The van der Waals surface area contributed by atoms with Gasteiger partial charge in [0.25, 0.3) is 0 Å². The number of amides is 1. The van der Waals surface area contributed by atoms with E-state index in [1.54, 1.807) is 30.3 Å². The molecular formula is C14H24N4OS. The molecule has 2 N–H and O–H groups in total. The molecule has 0 atom stereocenters. The number of likely N-dealkylation sites (N-methyl/N-ethyl adjacent to an activating group) is 1. The van der Waals surface area contributed by atoms with Gasteiger partial charge in [-0.2, -0.15) is 0 Å². The van der Waals surface area contributed by atoms with Gasteiger partial charge in [0.05, 0.1) is 12.1 Å². The van der Waals surface area contributed by atoms with E-state index in [1.807, 2.05) is 0 Å². The molecule has 1 saturated heterocycles. The summed E-state index contributed by atoms with van der Waals surface area (Å²) in [6.45, 7) is 3.90. The number of piperidine rings is 1. The van der Waals surface area contributed by atoms with Crippen molar-refractivity contribution in [1.82, 2.24) is 14.8 Å². The van der Waals surface area contributed by atoms with Gasteiger partial charge in [0.2, 0.25) is 5.91 Å². The highest BCUT2D eigenvalue weighted by atomic mass is 32.1. The highest BCUT2D eigenvalue weighted by Gasteiger charge is 2.19. The number of likely N-dealkylation sites (tertiary alicyclic amines) is 1. The van der Waals surface area contributed by atoms with Gasteiger partial charge in [0.1, 0.15) is 5.01 Å². The second kappa shape index (κ2) is 7.15. The summed E-state index contributed by atoms with van der Waals surface area (Å²) in [5.41, 5.74) is 6.80. The number of carbonyl (C=O) groups is 1. The van der Waals surface area contributed by atoms with E-state index in [1.165, 1.54) is 12.8 Å². The van der Waals surface area contributed by atoms with Gasteiger partial charge in [-0.3, -0.25) is 9.69 Å². The Kier molecular flexibility index (Phi) is 5.51. The minimum absolute atomic E-state index is 0.106. The molecule has 2 rings (SSSR count). The van der Waals surface area contributed by atoms with E-state index in [-0.39, 0.29) is 5.91 Å². The van der Waals surface area contributed by atoms with Gasteiger partial charge < -0.3 is 10.6 Å². The third-order valence-electron chi connectivity index (χ3n) is 3.83. The van der Waals surface area contributed by atoms with Crippen molar-refractivity contribution < 1.29 is 4.79 Å². The van der Waals surface area contributed by atoms with Crippen molar-refractivity contribution >= 4 is 17.2 Å². The highest BCUT2D eigenvalue weighted by Crippen LogP contribution is 2.19. The lowest BCUT2D eigenvalue weighted by atomic mass is 9.97. The SMILES string of the molecule is CN(C)C(=O)Cc1nc(CN2CCC(CN)CC2)cs1. The zero-order chi connectivity index (χ0) is 14.5. The van der Waals surface area contributed by atoms with Gasteiger partial charge in [-0.1, -0.05) is 0 Å².